The van der Waals surface area contributed by atoms with Crippen molar-refractivity contribution >= 4 is 16.8 Å². The maximum absolute atomic E-state index is 13.0. The Bertz CT molecular complexity index is 982. The minimum absolute atomic E-state index is 0.00184. The number of rotatable bonds is 5. The first-order valence-electron chi connectivity index (χ1n) is 9.54. The summed E-state index contributed by atoms with van der Waals surface area (Å²) in [6, 6.07) is 12.3. The van der Waals surface area contributed by atoms with Gasteiger partial charge >= 0.3 is 0 Å². The molecule has 4 heteroatoms. The summed E-state index contributed by atoms with van der Waals surface area (Å²) in [6.07, 6.45) is 6.62. The number of nitrogens with zero attached hydrogens (tertiary/aromatic N) is 1. The summed E-state index contributed by atoms with van der Waals surface area (Å²) in [4.78, 5) is 20.9. The zero-order valence-corrected chi connectivity index (χ0v) is 15.0. The molecule has 132 valence electrons. The molecule has 0 bridgehead atoms. The molecule has 2 N–H and O–H groups in total. The molecule has 1 aromatic carbocycles. The fourth-order valence-corrected chi connectivity index (χ4v) is 3.92. The SMILES string of the molecule is Cc1cccnc1C(NC(=O)c1cc2cccc(C3CC3)c2[nH]1)C1CC1. The van der Waals surface area contributed by atoms with Crippen molar-refractivity contribution in [2.24, 2.45) is 5.92 Å². The number of H-pyrrole nitrogens is 1. The van der Waals surface area contributed by atoms with Gasteiger partial charge in [0.25, 0.3) is 5.91 Å². The molecule has 5 rings (SSSR count). The molecule has 1 amide bonds. The highest BCUT2D eigenvalue weighted by atomic mass is 16.2. The van der Waals surface area contributed by atoms with Crippen molar-refractivity contribution in [3.63, 3.8) is 0 Å². The Balaban J connectivity index is 1.45. The monoisotopic (exact) mass is 345 g/mol. The molecule has 0 spiro atoms. The molecule has 0 aliphatic heterocycles. The van der Waals surface area contributed by atoms with Gasteiger partial charge < -0.3 is 10.3 Å². The quantitative estimate of drug-likeness (QED) is 0.708. The van der Waals surface area contributed by atoms with Gasteiger partial charge in [0.05, 0.1) is 11.7 Å². The van der Waals surface area contributed by atoms with E-state index in [1.807, 2.05) is 18.3 Å². The lowest BCUT2D eigenvalue weighted by Crippen LogP contribution is -2.31. The molecule has 2 aromatic heterocycles. The van der Waals surface area contributed by atoms with Gasteiger partial charge in [-0.1, -0.05) is 24.3 Å². The number of carbonyl (C=O) groups is 1. The van der Waals surface area contributed by atoms with Crippen molar-refractivity contribution in [2.75, 3.05) is 0 Å². The number of benzene rings is 1. The Hall–Kier alpha value is -2.62. The number of pyridine rings is 1. The molecule has 2 saturated carbocycles. The zero-order valence-electron chi connectivity index (χ0n) is 15.0. The van der Waals surface area contributed by atoms with Crippen LogP contribution in [0.3, 0.4) is 0 Å². The fourth-order valence-electron chi connectivity index (χ4n) is 3.92. The number of carbonyl (C=O) groups excluding carboxylic acids is 1. The number of hydrogen-bond donors (Lipinski definition) is 2. The van der Waals surface area contributed by atoms with Gasteiger partial charge in [0.1, 0.15) is 5.69 Å². The largest absolute Gasteiger partial charge is 0.350 e. The summed E-state index contributed by atoms with van der Waals surface area (Å²) in [5, 5.41) is 4.37. The number of nitrogens with one attached hydrogen (secondary N) is 2. The minimum Gasteiger partial charge on any atom is -0.350 e. The molecule has 26 heavy (non-hydrogen) atoms. The summed E-state index contributed by atoms with van der Waals surface area (Å²) in [5.41, 5.74) is 5.25. The Morgan fingerprint density at radius 2 is 2.04 bits per heavy atom. The van der Waals surface area contributed by atoms with Crippen LogP contribution < -0.4 is 5.32 Å². The summed E-state index contributed by atoms with van der Waals surface area (Å²) < 4.78 is 0. The second-order valence-corrected chi connectivity index (χ2v) is 7.76. The van der Waals surface area contributed by atoms with Crippen molar-refractivity contribution in [3.05, 3.63) is 65.1 Å². The summed E-state index contributed by atoms with van der Waals surface area (Å²) in [5.74, 6) is 1.12. The third-order valence-corrected chi connectivity index (χ3v) is 5.67. The molecule has 4 nitrogen and oxygen atoms in total. The first-order chi connectivity index (χ1) is 12.7. The number of aryl methyl sites for hydroxylation is 1. The van der Waals surface area contributed by atoms with E-state index in [9.17, 15) is 4.79 Å². The fraction of sp³-hybridized carbons (Fsp3) is 0.364. The van der Waals surface area contributed by atoms with Crippen LogP contribution in [0.2, 0.25) is 0 Å². The topological polar surface area (TPSA) is 57.8 Å². The van der Waals surface area contributed by atoms with Crippen molar-refractivity contribution in [3.8, 4) is 0 Å². The lowest BCUT2D eigenvalue weighted by atomic mass is 10.0. The van der Waals surface area contributed by atoms with E-state index in [1.165, 1.54) is 18.4 Å². The molecule has 2 aliphatic carbocycles. The van der Waals surface area contributed by atoms with Gasteiger partial charge in [0.2, 0.25) is 0 Å². The van der Waals surface area contributed by atoms with Crippen LogP contribution >= 0.6 is 0 Å². The molecule has 0 saturated heterocycles. The van der Waals surface area contributed by atoms with Crippen LogP contribution in [-0.2, 0) is 0 Å². The molecule has 2 fully saturated rings. The van der Waals surface area contributed by atoms with E-state index in [4.69, 9.17) is 0 Å². The van der Waals surface area contributed by atoms with Crippen LogP contribution in [0.15, 0.2) is 42.6 Å². The number of hydrogen-bond acceptors (Lipinski definition) is 2. The number of para-hydroxylation sites is 1. The second kappa shape index (κ2) is 5.97. The first kappa shape index (κ1) is 15.6. The van der Waals surface area contributed by atoms with E-state index < -0.39 is 0 Å². The Labute approximate surface area is 153 Å². The highest BCUT2D eigenvalue weighted by molar-refractivity contribution is 5.99. The molecule has 3 aromatic rings. The van der Waals surface area contributed by atoms with Crippen LogP contribution in [-0.4, -0.2) is 15.9 Å². The van der Waals surface area contributed by atoms with Gasteiger partial charge in [0, 0.05) is 17.1 Å². The number of fused-ring (bicyclic) bond motifs is 1. The Morgan fingerprint density at radius 1 is 1.19 bits per heavy atom. The van der Waals surface area contributed by atoms with Gasteiger partial charge in [-0.3, -0.25) is 9.78 Å². The average molecular weight is 345 g/mol. The molecule has 0 radical (unpaired) electrons. The van der Waals surface area contributed by atoms with E-state index in [0.717, 1.165) is 35.0 Å². The highest BCUT2D eigenvalue weighted by Gasteiger charge is 2.35. The van der Waals surface area contributed by atoms with E-state index in [0.29, 0.717) is 17.5 Å². The van der Waals surface area contributed by atoms with Crippen molar-refractivity contribution in [1.82, 2.24) is 15.3 Å². The minimum atomic E-state index is -0.0371. The van der Waals surface area contributed by atoms with E-state index >= 15 is 0 Å². The van der Waals surface area contributed by atoms with Crippen LogP contribution in [0.1, 0.15) is 65.0 Å². The summed E-state index contributed by atoms with van der Waals surface area (Å²) >= 11 is 0. The first-order valence-corrected chi connectivity index (χ1v) is 9.54. The van der Waals surface area contributed by atoms with Crippen molar-refractivity contribution < 1.29 is 4.79 Å². The molecular weight excluding hydrogens is 322 g/mol. The van der Waals surface area contributed by atoms with Crippen molar-refractivity contribution in [2.45, 2.75) is 44.6 Å². The average Bonchev–Trinajstić information content (AvgIpc) is 3.56. The smallest absolute Gasteiger partial charge is 0.268 e. The molecule has 1 unspecified atom stereocenters. The lowest BCUT2D eigenvalue weighted by Gasteiger charge is -2.19. The zero-order chi connectivity index (χ0) is 17.7. The third-order valence-electron chi connectivity index (χ3n) is 5.67. The Morgan fingerprint density at radius 3 is 2.77 bits per heavy atom. The Kier molecular flexibility index (Phi) is 3.59. The maximum atomic E-state index is 13.0. The summed E-state index contributed by atoms with van der Waals surface area (Å²) in [6.45, 7) is 2.06. The van der Waals surface area contributed by atoms with E-state index in [1.54, 1.807) is 0 Å². The van der Waals surface area contributed by atoms with Crippen molar-refractivity contribution in [1.29, 1.82) is 0 Å². The van der Waals surface area contributed by atoms with E-state index in [2.05, 4.69) is 46.5 Å². The molecule has 2 aliphatic rings. The van der Waals surface area contributed by atoms with Crippen LogP contribution in [0.25, 0.3) is 10.9 Å². The lowest BCUT2D eigenvalue weighted by molar-refractivity contribution is 0.0926. The summed E-state index contributed by atoms with van der Waals surface area (Å²) in [7, 11) is 0. The molecule has 2 heterocycles. The molecule has 1 atom stereocenters. The van der Waals surface area contributed by atoms with Gasteiger partial charge in [-0.05, 0) is 67.7 Å². The van der Waals surface area contributed by atoms with Gasteiger partial charge in [0.15, 0.2) is 0 Å². The number of aromatic nitrogens is 2. The van der Waals surface area contributed by atoms with Gasteiger partial charge in [-0.25, -0.2) is 0 Å². The van der Waals surface area contributed by atoms with E-state index in [-0.39, 0.29) is 11.9 Å². The van der Waals surface area contributed by atoms with Crippen LogP contribution in [0, 0.1) is 12.8 Å². The van der Waals surface area contributed by atoms with Gasteiger partial charge in [-0.2, -0.15) is 0 Å². The van der Waals surface area contributed by atoms with Crippen LogP contribution in [0.4, 0.5) is 0 Å². The normalized spacial score (nSPS) is 18.0. The number of amides is 1. The van der Waals surface area contributed by atoms with Crippen LogP contribution in [0.5, 0.6) is 0 Å². The predicted molar refractivity (Wildman–Crippen MR) is 102 cm³/mol. The van der Waals surface area contributed by atoms with Gasteiger partial charge in [-0.15, -0.1) is 0 Å². The standard InChI is InChI=1S/C22H23N3O/c1-13-4-3-11-23-19(13)21(15-9-10-15)25-22(26)18-12-16-5-2-6-17(14-7-8-14)20(16)24-18/h2-6,11-12,14-15,21,24H,7-10H2,1H3,(H,25,26). The number of aromatic amines is 1. The third kappa shape index (κ3) is 2.79. The highest BCUT2D eigenvalue weighted by Crippen LogP contribution is 2.43. The predicted octanol–water partition coefficient (Wildman–Crippen LogP) is 4.63. The molecular formula is C22H23N3O. The maximum Gasteiger partial charge on any atom is 0.268 e. The second-order valence-electron chi connectivity index (χ2n) is 7.76.